The monoisotopic (exact) mass is 499 g/mol. The van der Waals surface area contributed by atoms with Gasteiger partial charge in [-0.05, 0) is 37.8 Å². The average Bonchev–Trinajstić information content (AvgIpc) is 3.46. The first-order valence-corrected chi connectivity index (χ1v) is 9.86. The minimum atomic E-state index is 0. The van der Waals surface area contributed by atoms with Gasteiger partial charge in [0.15, 0.2) is 5.96 Å². The zero-order valence-electron chi connectivity index (χ0n) is 16.3. The van der Waals surface area contributed by atoms with Crippen LogP contribution >= 0.6 is 24.0 Å². The van der Waals surface area contributed by atoms with Gasteiger partial charge in [0.1, 0.15) is 0 Å². The molecule has 1 saturated carbocycles. The van der Waals surface area contributed by atoms with E-state index in [1.807, 2.05) is 31.2 Å². The van der Waals surface area contributed by atoms with E-state index in [2.05, 4.69) is 26.3 Å². The van der Waals surface area contributed by atoms with Crippen LogP contribution in [0.15, 0.2) is 29.3 Å². The molecule has 1 aliphatic carbocycles. The van der Waals surface area contributed by atoms with E-state index in [1.54, 1.807) is 0 Å². The summed E-state index contributed by atoms with van der Waals surface area (Å²) in [7, 11) is 0. The van der Waals surface area contributed by atoms with Gasteiger partial charge in [-0.2, -0.15) is 0 Å². The summed E-state index contributed by atoms with van der Waals surface area (Å²) >= 11 is 0. The molecule has 154 valence electrons. The second kappa shape index (κ2) is 11.2. The molecule has 7 nitrogen and oxygen atoms in total. The fraction of sp³-hybridized carbons (Fsp3) is 0.550. The van der Waals surface area contributed by atoms with E-state index >= 15 is 0 Å². The molecule has 0 spiro atoms. The molecule has 1 unspecified atom stereocenters. The number of fused-ring (bicyclic) bond motifs is 1. The lowest BCUT2D eigenvalue weighted by atomic mass is 9.91. The van der Waals surface area contributed by atoms with E-state index in [0.29, 0.717) is 32.0 Å². The lowest BCUT2D eigenvalue weighted by Crippen LogP contribution is -2.38. The van der Waals surface area contributed by atoms with Crippen LogP contribution in [-0.4, -0.2) is 43.5 Å². The van der Waals surface area contributed by atoms with Crippen LogP contribution < -0.4 is 21.3 Å². The zero-order valence-corrected chi connectivity index (χ0v) is 18.6. The topological polar surface area (TPSA) is 94.6 Å². The molecule has 0 aromatic heterocycles. The van der Waals surface area contributed by atoms with Crippen molar-refractivity contribution in [3.05, 3.63) is 29.8 Å². The Morgan fingerprint density at radius 1 is 1.25 bits per heavy atom. The number of rotatable bonds is 8. The second-order valence-corrected chi connectivity index (χ2v) is 7.13. The number of para-hydroxylation sites is 1. The highest BCUT2D eigenvalue weighted by Crippen LogP contribution is 2.31. The predicted octanol–water partition coefficient (Wildman–Crippen LogP) is 2.34. The number of nitrogens with one attached hydrogen (secondary N) is 4. The minimum Gasteiger partial charge on any atom is -0.357 e. The number of nitrogens with zero attached hydrogens (tertiary/aromatic N) is 1. The van der Waals surface area contributed by atoms with Gasteiger partial charge in [0, 0.05) is 43.6 Å². The Kier molecular flexibility index (Phi) is 9.01. The number of amides is 2. The molecule has 1 heterocycles. The van der Waals surface area contributed by atoms with Gasteiger partial charge in [0.25, 0.3) is 0 Å². The molecule has 0 saturated heterocycles. The number of aliphatic imine (C=N–C) groups is 1. The third-order valence-corrected chi connectivity index (χ3v) is 4.74. The van der Waals surface area contributed by atoms with Gasteiger partial charge in [-0.3, -0.25) is 14.6 Å². The molecule has 2 aliphatic rings. The molecule has 1 aromatic carbocycles. The number of halogens is 1. The number of anilines is 1. The SMILES string of the molecule is CCNC(=NCC1CC(=O)Nc2ccccc21)NCCCC(=O)NC1CC1.I. The third kappa shape index (κ3) is 6.96. The summed E-state index contributed by atoms with van der Waals surface area (Å²) in [6.07, 6.45) is 3.96. The maximum atomic E-state index is 11.9. The van der Waals surface area contributed by atoms with Gasteiger partial charge in [-0.15, -0.1) is 24.0 Å². The third-order valence-electron chi connectivity index (χ3n) is 4.74. The van der Waals surface area contributed by atoms with Crippen molar-refractivity contribution in [3.63, 3.8) is 0 Å². The number of hydrogen-bond acceptors (Lipinski definition) is 3. The van der Waals surface area contributed by atoms with Crippen molar-refractivity contribution < 1.29 is 9.59 Å². The van der Waals surface area contributed by atoms with E-state index in [9.17, 15) is 9.59 Å². The predicted molar refractivity (Wildman–Crippen MR) is 122 cm³/mol. The van der Waals surface area contributed by atoms with Crippen LogP contribution in [0, 0.1) is 0 Å². The molecule has 3 rings (SSSR count). The highest BCUT2D eigenvalue weighted by molar-refractivity contribution is 14.0. The Hall–Kier alpha value is -1.84. The van der Waals surface area contributed by atoms with E-state index < -0.39 is 0 Å². The summed E-state index contributed by atoms with van der Waals surface area (Å²) in [5.74, 6) is 0.970. The standard InChI is InChI=1S/C20H29N5O2.HI/c1-2-21-20(22-11-5-8-18(26)24-15-9-10-15)23-13-14-12-19(27)25-17-7-4-3-6-16(14)17;/h3-4,6-7,14-15H,2,5,8-13H2,1H3,(H,24,26)(H,25,27)(H2,21,22,23);1H. The van der Waals surface area contributed by atoms with Crippen molar-refractivity contribution in [1.29, 1.82) is 0 Å². The normalized spacial score (nSPS) is 18.4. The summed E-state index contributed by atoms with van der Waals surface area (Å²) in [6.45, 7) is 4.01. The lowest BCUT2D eigenvalue weighted by Gasteiger charge is -2.24. The molecule has 0 bridgehead atoms. The smallest absolute Gasteiger partial charge is 0.225 e. The number of guanidine groups is 1. The molecule has 2 amide bonds. The van der Waals surface area contributed by atoms with Gasteiger partial charge in [0.2, 0.25) is 11.8 Å². The fourth-order valence-corrected chi connectivity index (χ4v) is 3.19. The Labute approximate surface area is 183 Å². The first-order chi connectivity index (χ1) is 13.2. The minimum absolute atomic E-state index is 0. The van der Waals surface area contributed by atoms with Crippen LogP contribution in [0.2, 0.25) is 0 Å². The molecule has 4 N–H and O–H groups in total. The summed E-state index contributed by atoms with van der Waals surface area (Å²) in [6, 6.07) is 8.31. The average molecular weight is 499 g/mol. The van der Waals surface area contributed by atoms with Gasteiger partial charge < -0.3 is 21.3 Å². The Balaban J connectivity index is 0.00000280. The van der Waals surface area contributed by atoms with E-state index in [1.165, 1.54) is 0 Å². The Bertz CT molecular complexity index is 706. The first kappa shape index (κ1) is 22.4. The molecule has 8 heteroatoms. The van der Waals surface area contributed by atoms with Crippen LogP contribution in [0.3, 0.4) is 0 Å². The van der Waals surface area contributed by atoms with Crippen molar-refractivity contribution in [1.82, 2.24) is 16.0 Å². The van der Waals surface area contributed by atoms with Crippen molar-refractivity contribution >= 4 is 47.4 Å². The van der Waals surface area contributed by atoms with Crippen molar-refractivity contribution in [2.75, 3.05) is 25.0 Å². The highest BCUT2D eigenvalue weighted by atomic mass is 127. The molecule has 28 heavy (non-hydrogen) atoms. The maximum Gasteiger partial charge on any atom is 0.225 e. The van der Waals surface area contributed by atoms with Crippen molar-refractivity contribution in [2.24, 2.45) is 4.99 Å². The lowest BCUT2D eigenvalue weighted by molar-refractivity contribution is -0.121. The number of carbonyl (C=O) groups excluding carboxylic acids is 2. The summed E-state index contributed by atoms with van der Waals surface area (Å²) in [4.78, 5) is 28.3. The van der Waals surface area contributed by atoms with Gasteiger partial charge >= 0.3 is 0 Å². The van der Waals surface area contributed by atoms with Crippen molar-refractivity contribution in [3.8, 4) is 0 Å². The van der Waals surface area contributed by atoms with Crippen molar-refractivity contribution in [2.45, 2.75) is 51.0 Å². The highest BCUT2D eigenvalue weighted by Gasteiger charge is 2.24. The first-order valence-electron chi connectivity index (χ1n) is 9.86. The second-order valence-electron chi connectivity index (χ2n) is 7.13. The van der Waals surface area contributed by atoms with E-state index in [-0.39, 0.29) is 41.7 Å². The van der Waals surface area contributed by atoms with Gasteiger partial charge in [-0.1, -0.05) is 18.2 Å². The Morgan fingerprint density at radius 3 is 2.79 bits per heavy atom. The number of benzene rings is 1. The van der Waals surface area contributed by atoms with Crippen LogP contribution in [0.5, 0.6) is 0 Å². The van der Waals surface area contributed by atoms with E-state index in [0.717, 1.165) is 43.0 Å². The molecule has 1 fully saturated rings. The summed E-state index contributed by atoms with van der Waals surface area (Å²) < 4.78 is 0. The van der Waals surface area contributed by atoms with Crippen LogP contribution in [-0.2, 0) is 9.59 Å². The molecule has 0 radical (unpaired) electrons. The quantitative estimate of drug-likeness (QED) is 0.191. The number of carbonyl (C=O) groups is 2. The maximum absolute atomic E-state index is 11.9. The Morgan fingerprint density at radius 2 is 2.04 bits per heavy atom. The molecular weight excluding hydrogens is 469 g/mol. The molecular formula is C20H30IN5O2. The molecule has 1 atom stereocenters. The summed E-state index contributed by atoms with van der Waals surface area (Å²) in [5, 5.41) is 12.4. The molecule has 1 aromatic rings. The van der Waals surface area contributed by atoms with Crippen LogP contribution in [0.4, 0.5) is 5.69 Å². The molecule has 1 aliphatic heterocycles. The van der Waals surface area contributed by atoms with Crippen LogP contribution in [0.1, 0.15) is 50.5 Å². The van der Waals surface area contributed by atoms with Gasteiger partial charge in [-0.25, -0.2) is 0 Å². The fourth-order valence-electron chi connectivity index (χ4n) is 3.19. The number of hydrogen-bond donors (Lipinski definition) is 4. The van der Waals surface area contributed by atoms with E-state index in [4.69, 9.17) is 0 Å². The zero-order chi connectivity index (χ0) is 19.1. The van der Waals surface area contributed by atoms with Crippen LogP contribution in [0.25, 0.3) is 0 Å². The largest absolute Gasteiger partial charge is 0.357 e. The summed E-state index contributed by atoms with van der Waals surface area (Å²) in [5.41, 5.74) is 2.02. The van der Waals surface area contributed by atoms with Gasteiger partial charge in [0.05, 0.1) is 6.54 Å².